The monoisotopic (exact) mass is 236 g/mol. The molecule has 0 aromatic rings. The molecular formula is C15H28N2. The van der Waals surface area contributed by atoms with E-state index in [0.29, 0.717) is 11.6 Å². The molecule has 1 heterocycles. The number of nitrogens with zero attached hydrogens (tertiary/aromatic N) is 1. The largest absolute Gasteiger partial charge is 0.309 e. The molecule has 98 valence electrons. The Bertz CT molecular complexity index is 285. The molecule has 0 amide bonds. The lowest BCUT2D eigenvalue weighted by Gasteiger charge is -2.45. The van der Waals surface area contributed by atoms with Crippen LogP contribution < -0.4 is 5.32 Å². The minimum Gasteiger partial charge on any atom is -0.309 e. The molecule has 2 heteroatoms. The fraction of sp³-hybridized carbons (Fsp3) is 0.867. The zero-order valence-corrected chi connectivity index (χ0v) is 11.8. The van der Waals surface area contributed by atoms with E-state index < -0.39 is 0 Å². The SMILES string of the molecule is CCC1(C)CN(CCC2=CCCC2)C(C)CN1. The first-order valence-electron chi connectivity index (χ1n) is 7.30. The molecule has 0 saturated carbocycles. The Kier molecular flexibility index (Phi) is 4.26. The second-order valence-corrected chi connectivity index (χ2v) is 6.12. The normalized spacial score (nSPS) is 35.0. The van der Waals surface area contributed by atoms with Crippen LogP contribution >= 0.6 is 0 Å². The van der Waals surface area contributed by atoms with Crippen LogP contribution in [-0.2, 0) is 0 Å². The molecule has 1 N–H and O–H groups in total. The molecule has 17 heavy (non-hydrogen) atoms. The first kappa shape index (κ1) is 13.1. The van der Waals surface area contributed by atoms with E-state index >= 15 is 0 Å². The Labute approximate surface area is 106 Å². The van der Waals surface area contributed by atoms with Crippen LogP contribution in [0.2, 0.25) is 0 Å². The van der Waals surface area contributed by atoms with E-state index in [0.717, 1.165) is 6.54 Å². The van der Waals surface area contributed by atoms with Gasteiger partial charge in [0, 0.05) is 31.2 Å². The van der Waals surface area contributed by atoms with Gasteiger partial charge in [0.15, 0.2) is 0 Å². The highest BCUT2D eigenvalue weighted by atomic mass is 15.2. The molecule has 1 aliphatic carbocycles. The van der Waals surface area contributed by atoms with Crippen molar-refractivity contribution in [3.8, 4) is 0 Å². The van der Waals surface area contributed by atoms with Crippen LogP contribution in [0, 0.1) is 0 Å². The van der Waals surface area contributed by atoms with Crippen molar-refractivity contribution in [2.24, 2.45) is 0 Å². The molecule has 2 rings (SSSR count). The Morgan fingerprint density at radius 2 is 2.35 bits per heavy atom. The van der Waals surface area contributed by atoms with Crippen LogP contribution in [0.25, 0.3) is 0 Å². The highest BCUT2D eigenvalue weighted by Crippen LogP contribution is 2.23. The van der Waals surface area contributed by atoms with Crippen molar-refractivity contribution in [2.45, 2.75) is 64.5 Å². The zero-order chi connectivity index (χ0) is 12.3. The number of hydrogen-bond acceptors (Lipinski definition) is 2. The number of piperazine rings is 1. The molecule has 0 aromatic carbocycles. The summed E-state index contributed by atoms with van der Waals surface area (Å²) in [7, 11) is 0. The number of rotatable bonds is 4. The topological polar surface area (TPSA) is 15.3 Å². The summed E-state index contributed by atoms with van der Waals surface area (Å²) < 4.78 is 0. The van der Waals surface area contributed by atoms with E-state index in [2.05, 4.69) is 37.1 Å². The lowest BCUT2D eigenvalue weighted by atomic mass is 9.93. The summed E-state index contributed by atoms with van der Waals surface area (Å²) in [6.45, 7) is 10.6. The van der Waals surface area contributed by atoms with Crippen molar-refractivity contribution in [3.05, 3.63) is 11.6 Å². The summed E-state index contributed by atoms with van der Waals surface area (Å²) in [5, 5.41) is 3.70. The molecular weight excluding hydrogens is 208 g/mol. The molecule has 2 nitrogen and oxygen atoms in total. The number of allylic oxidation sites excluding steroid dienone is 1. The van der Waals surface area contributed by atoms with Gasteiger partial charge in [-0.15, -0.1) is 0 Å². The third-order valence-electron chi connectivity index (χ3n) is 4.64. The summed E-state index contributed by atoms with van der Waals surface area (Å²) in [4.78, 5) is 2.68. The Morgan fingerprint density at radius 3 is 3.00 bits per heavy atom. The van der Waals surface area contributed by atoms with Crippen molar-refractivity contribution < 1.29 is 0 Å². The predicted molar refractivity (Wildman–Crippen MR) is 74.3 cm³/mol. The minimum atomic E-state index is 0.330. The van der Waals surface area contributed by atoms with Crippen molar-refractivity contribution in [1.29, 1.82) is 0 Å². The summed E-state index contributed by atoms with van der Waals surface area (Å²) in [5.74, 6) is 0. The van der Waals surface area contributed by atoms with Crippen molar-refractivity contribution in [2.75, 3.05) is 19.6 Å². The molecule has 2 unspecified atom stereocenters. The molecule has 1 saturated heterocycles. The number of nitrogens with one attached hydrogen (secondary N) is 1. The summed E-state index contributed by atoms with van der Waals surface area (Å²) >= 11 is 0. The van der Waals surface area contributed by atoms with Gasteiger partial charge < -0.3 is 5.32 Å². The van der Waals surface area contributed by atoms with Crippen LogP contribution in [0.3, 0.4) is 0 Å². The van der Waals surface area contributed by atoms with E-state index in [1.807, 2.05) is 0 Å². The minimum absolute atomic E-state index is 0.330. The van der Waals surface area contributed by atoms with Gasteiger partial charge in [0.2, 0.25) is 0 Å². The molecule has 0 bridgehead atoms. The Hall–Kier alpha value is -0.340. The van der Waals surface area contributed by atoms with Gasteiger partial charge >= 0.3 is 0 Å². The molecule has 1 fully saturated rings. The maximum Gasteiger partial charge on any atom is 0.0278 e. The van der Waals surface area contributed by atoms with E-state index in [1.165, 1.54) is 45.2 Å². The van der Waals surface area contributed by atoms with Crippen LogP contribution in [0.1, 0.15) is 52.9 Å². The van der Waals surface area contributed by atoms with Gasteiger partial charge in [-0.25, -0.2) is 0 Å². The highest BCUT2D eigenvalue weighted by molar-refractivity contribution is 5.08. The maximum absolute atomic E-state index is 3.70. The highest BCUT2D eigenvalue weighted by Gasteiger charge is 2.32. The summed E-state index contributed by atoms with van der Waals surface area (Å²) in [6, 6.07) is 0.691. The van der Waals surface area contributed by atoms with E-state index in [1.54, 1.807) is 5.57 Å². The summed E-state index contributed by atoms with van der Waals surface area (Å²) in [6.07, 6.45) is 9.04. The fourth-order valence-corrected chi connectivity index (χ4v) is 2.97. The maximum atomic E-state index is 3.70. The van der Waals surface area contributed by atoms with Crippen LogP contribution in [0.15, 0.2) is 11.6 Å². The molecule has 0 radical (unpaired) electrons. The van der Waals surface area contributed by atoms with Gasteiger partial charge in [-0.2, -0.15) is 0 Å². The average Bonchev–Trinajstić information content (AvgIpc) is 2.84. The standard InChI is InChI=1S/C15H28N2/c1-4-15(3)12-17(13(2)11-16-15)10-9-14-7-5-6-8-14/h7,13,16H,4-6,8-12H2,1-3H3. The zero-order valence-electron chi connectivity index (χ0n) is 11.8. The Morgan fingerprint density at radius 1 is 1.53 bits per heavy atom. The number of hydrogen-bond donors (Lipinski definition) is 1. The van der Waals surface area contributed by atoms with Gasteiger partial charge in [-0.1, -0.05) is 18.6 Å². The first-order valence-corrected chi connectivity index (χ1v) is 7.30. The lowest BCUT2D eigenvalue weighted by Crippen LogP contribution is -2.61. The third-order valence-corrected chi connectivity index (χ3v) is 4.64. The first-order chi connectivity index (χ1) is 8.13. The van der Waals surface area contributed by atoms with Gasteiger partial charge in [-0.3, -0.25) is 4.90 Å². The van der Waals surface area contributed by atoms with E-state index in [-0.39, 0.29) is 0 Å². The molecule has 2 aliphatic rings. The van der Waals surface area contributed by atoms with E-state index in [9.17, 15) is 0 Å². The van der Waals surface area contributed by atoms with Gasteiger partial charge in [0.05, 0.1) is 0 Å². The van der Waals surface area contributed by atoms with Crippen molar-refractivity contribution >= 4 is 0 Å². The second-order valence-electron chi connectivity index (χ2n) is 6.12. The lowest BCUT2D eigenvalue weighted by molar-refractivity contribution is 0.0942. The fourth-order valence-electron chi connectivity index (χ4n) is 2.97. The van der Waals surface area contributed by atoms with Gasteiger partial charge in [0.25, 0.3) is 0 Å². The second kappa shape index (κ2) is 5.53. The van der Waals surface area contributed by atoms with Crippen LogP contribution in [0.4, 0.5) is 0 Å². The van der Waals surface area contributed by atoms with Crippen LogP contribution in [0.5, 0.6) is 0 Å². The van der Waals surface area contributed by atoms with Gasteiger partial charge in [0.1, 0.15) is 0 Å². The third kappa shape index (κ3) is 3.32. The van der Waals surface area contributed by atoms with Gasteiger partial charge in [-0.05, 0) is 46.0 Å². The average molecular weight is 236 g/mol. The predicted octanol–water partition coefficient (Wildman–Crippen LogP) is 2.95. The quantitative estimate of drug-likeness (QED) is 0.755. The van der Waals surface area contributed by atoms with Crippen molar-refractivity contribution in [3.63, 3.8) is 0 Å². The smallest absolute Gasteiger partial charge is 0.0278 e. The molecule has 2 atom stereocenters. The summed E-state index contributed by atoms with van der Waals surface area (Å²) in [5.41, 5.74) is 2.03. The molecule has 0 spiro atoms. The molecule has 0 aromatic heterocycles. The van der Waals surface area contributed by atoms with Crippen LogP contribution in [-0.4, -0.2) is 36.1 Å². The molecule has 1 aliphatic heterocycles. The van der Waals surface area contributed by atoms with E-state index in [4.69, 9.17) is 0 Å². The van der Waals surface area contributed by atoms with Crippen molar-refractivity contribution in [1.82, 2.24) is 10.2 Å². The Balaban J connectivity index is 1.85.